The lowest BCUT2D eigenvalue weighted by atomic mass is 10.0. The van der Waals surface area contributed by atoms with Crippen LogP contribution in [0.25, 0.3) is 0 Å². The predicted molar refractivity (Wildman–Crippen MR) is 31.2 cm³/mol. The maximum absolute atomic E-state index is 10.4. The van der Waals surface area contributed by atoms with E-state index in [4.69, 9.17) is 9.84 Å². The van der Waals surface area contributed by atoms with Gasteiger partial charge in [-0.15, -0.1) is 0 Å². The molecule has 1 aliphatic rings. The van der Waals surface area contributed by atoms with Gasteiger partial charge < -0.3 is 9.84 Å². The standard InChI is InChI=1S/C6H10O3/c1-6(5(7)8)3-2-4-9-6/h2-4H2,1H3,(H,7,8)/t6-/m1/s1. The normalized spacial score (nSPS) is 34.8. The van der Waals surface area contributed by atoms with Gasteiger partial charge in [0.1, 0.15) is 0 Å². The van der Waals surface area contributed by atoms with Gasteiger partial charge in [-0.3, -0.25) is 0 Å². The van der Waals surface area contributed by atoms with Crippen LogP contribution in [0.1, 0.15) is 19.8 Å². The fourth-order valence-electron chi connectivity index (χ4n) is 0.948. The molecule has 0 aromatic heterocycles. The number of hydrogen-bond acceptors (Lipinski definition) is 2. The fourth-order valence-corrected chi connectivity index (χ4v) is 0.948. The summed E-state index contributed by atoms with van der Waals surface area (Å²) in [5.74, 6) is -0.847. The molecule has 0 radical (unpaired) electrons. The Labute approximate surface area is 53.6 Å². The first-order valence-corrected chi connectivity index (χ1v) is 3.02. The van der Waals surface area contributed by atoms with Crippen molar-refractivity contribution in [2.45, 2.75) is 25.4 Å². The first kappa shape index (κ1) is 6.55. The van der Waals surface area contributed by atoms with Crippen molar-refractivity contribution in [3.05, 3.63) is 0 Å². The average molecular weight is 130 g/mol. The van der Waals surface area contributed by atoms with E-state index in [9.17, 15) is 4.79 Å². The van der Waals surface area contributed by atoms with E-state index in [1.54, 1.807) is 6.92 Å². The second-order valence-corrected chi connectivity index (χ2v) is 2.49. The van der Waals surface area contributed by atoms with E-state index in [1.807, 2.05) is 0 Å². The lowest BCUT2D eigenvalue weighted by Gasteiger charge is -2.15. The monoisotopic (exact) mass is 130 g/mol. The summed E-state index contributed by atoms with van der Waals surface area (Å²) in [4.78, 5) is 10.4. The van der Waals surface area contributed by atoms with Gasteiger partial charge in [0.05, 0.1) is 0 Å². The highest BCUT2D eigenvalue weighted by Gasteiger charge is 2.37. The Balaban J connectivity index is 2.61. The highest BCUT2D eigenvalue weighted by Crippen LogP contribution is 2.24. The third-order valence-corrected chi connectivity index (χ3v) is 1.67. The molecule has 1 N–H and O–H groups in total. The quantitative estimate of drug-likeness (QED) is 0.566. The van der Waals surface area contributed by atoms with Gasteiger partial charge in [0.15, 0.2) is 5.60 Å². The van der Waals surface area contributed by atoms with Crippen molar-refractivity contribution < 1.29 is 14.6 Å². The zero-order valence-electron chi connectivity index (χ0n) is 5.39. The smallest absolute Gasteiger partial charge is 0.335 e. The zero-order valence-corrected chi connectivity index (χ0v) is 5.39. The summed E-state index contributed by atoms with van der Waals surface area (Å²) < 4.78 is 5.00. The largest absolute Gasteiger partial charge is 0.479 e. The van der Waals surface area contributed by atoms with Crippen LogP contribution >= 0.6 is 0 Å². The molecule has 0 aromatic rings. The Morgan fingerprint density at radius 3 is 2.67 bits per heavy atom. The van der Waals surface area contributed by atoms with E-state index in [1.165, 1.54) is 0 Å². The molecule has 1 atom stereocenters. The summed E-state index contributed by atoms with van der Waals surface area (Å²) in [6.07, 6.45) is 1.51. The molecule has 1 rings (SSSR count). The number of carbonyl (C=O) groups is 1. The van der Waals surface area contributed by atoms with E-state index in [0.717, 1.165) is 6.42 Å². The van der Waals surface area contributed by atoms with Crippen LogP contribution in [-0.2, 0) is 9.53 Å². The zero-order chi connectivity index (χ0) is 6.91. The van der Waals surface area contributed by atoms with E-state index in [-0.39, 0.29) is 0 Å². The molecule has 52 valence electrons. The van der Waals surface area contributed by atoms with Crippen LogP contribution < -0.4 is 0 Å². The van der Waals surface area contributed by atoms with Crippen molar-refractivity contribution >= 4 is 5.97 Å². The summed E-state index contributed by atoms with van der Waals surface area (Å²) in [5, 5.41) is 8.55. The van der Waals surface area contributed by atoms with Gasteiger partial charge in [-0.05, 0) is 19.8 Å². The fraction of sp³-hybridized carbons (Fsp3) is 0.833. The first-order valence-electron chi connectivity index (χ1n) is 3.02. The SMILES string of the molecule is C[C@]1(C(=O)O)CCCO1. The van der Waals surface area contributed by atoms with E-state index < -0.39 is 11.6 Å². The van der Waals surface area contributed by atoms with Crippen LogP contribution in [0.2, 0.25) is 0 Å². The van der Waals surface area contributed by atoms with Gasteiger partial charge in [0, 0.05) is 6.61 Å². The van der Waals surface area contributed by atoms with Gasteiger partial charge in [-0.25, -0.2) is 4.79 Å². The third kappa shape index (κ3) is 1.05. The maximum atomic E-state index is 10.4. The van der Waals surface area contributed by atoms with Crippen molar-refractivity contribution in [3.8, 4) is 0 Å². The molecule has 1 saturated heterocycles. The molecule has 1 fully saturated rings. The van der Waals surface area contributed by atoms with E-state index in [2.05, 4.69) is 0 Å². The number of carboxylic acid groups (broad SMARTS) is 1. The van der Waals surface area contributed by atoms with Gasteiger partial charge in [0.2, 0.25) is 0 Å². The molecule has 3 nitrogen and oxygen atoms in total. The molecule has 0 aliphatic carbocycles. The Morgan fingerprint density at radius 1 is 1.78 bits per heavy atom. The lowest BCUT2D eigenvalue weighted by Crippen LogP contribution is -2.33. The van der Waals surface area contributed by atoms with E-state index in [0.29, 0.717) is 13.0 Å². The second kappa shape index (κ2) is 1.99. The second-order valence-electron chi connectivity index (χ2n) is 2.49. The van der Waals surface area contributed by atoms with Gasteiger partial charge in [-0.1, -0.05) is 0 Å². The molecule has 1 aliphatic heterocycles. The van der Waals surface area contributed by atoms with Crippen LogP contribution in [0.4, 0.5) is 0 Å². The minimum absolute atomic E-state index is 0.586. The number of ether oxygens (including phenoxy) is 1. The molecule has 0 amide bonds. The molecule has 0 aromatic carbocycles. The molecule has 0 saturated carbocycles. The van der Waals surface area contributed by atoms with Crippen molar-refractivity contribution in [3.63, 3.8) is 0 Å². The van der Waals surface area contributed by atoms with Crippen molar-refractivity contribution in [2.75, 3.05) is 6.61 Å². The molecule has 0 bridgehead atoms. The highest BCUT2D eigenvalue weighted by atomic mass is 16.5. The van der Waals surface area contributed by atoms with Crippen LogP contribution in [0.3, 0.4) is 0 Å². The summed E-state index contributed by atoms with van der Waals surface area (Å²) in [5.41, 5.74) is -0.889. The lowest BCUT2D eigenvalue weighted by molar-refractivity contribution is -0.157. The number of carboxylic acids is 1. The molecular formula is C6H10O3. The molecule has 0 spiro atoms. The molecule has 9 heavy (non-hydrogen) atoms. The first-order chi connectivity index (χ1) is 4.15. The maximum Gasteiger partial charge on any atom is 0.335 e. The number of rotatable bonds is 1. The predicted octanol–water partition coefficient (Wildman–Crippen LogP) is 0.640. The average Bonchev–Trinajstić information content (AvgIpc) is 2.16. The van der Waals surface area contributed by atoms with Gasteiger partial charge in [0.25, 0.3) is 0 Å². The summed E-state index contributed by atoms with van der Waals surface area (Å²) in [6, 6.07) is 0. The Hall–Kier alpha value is -0.570. The van der Waals surface area contributed by atoms with Crippen LogP contribution in [0, 0.1) is 0 Å². The van der Waals surface area contributed by atoms with Crippen LogP contribution in [0.5, 0.6) is 0 Å². The minimum Gasteiger partial charge on any atom is -0.479 e. The molecule has 0 unspecified atom stereocenters. The Kier molecular flexibility index (Phi) is 1.45. The molecular weight excluding hydrogens is 120 g/mol. The number of hydrogen-bond donors (Lipinski definition) is 1. The molecule has 1 heterocycles. The molecule has 3 heteroatoms. The third-order valence-electron chi connectivity index (χ3n) is 1.67. The van der Waals surface area contributed by atoms with Crippen molar-refractivity contribution in [1.82, 2.24) is 0 Å². The summed E-state index contributed by atoms with van der Waals surface area (Å²) in [7, 11) is 0. The van der Waals surface area contributed by atoms with Crippen molar-refractivity contribution in [1.29, 1.82) is 0 Å². The topological polar surface area (TPSA) is 46.5 Å². The minimum atomic E-state index is -0.889. The Morgan fingerprint density at radius 2 is 2.44 bits per heavy atom. The summed E-state index contributed by atoms with van der Waals surface area (Å²) >= 11 is 0. The van der Waals surface area contributed by atoms with E-state index >= 15 is 0 Å². The van der Waals surface area contributed by atoms with Gasteiger partial charge >= 0.3 is 5.97 Å². The van der Waals surface area contributed by atoms with Crippen molar-refractivity contribution in [2.24, 2.45) is 0 Å². The van der Waals surface area contributed by atoms with Crippen LogP contribution in [-0.4, -0.2) is 23.3 Å². The number of aliphatic carboxylic acids is 1. The Bertz CT molecular complexity index is 124. The summed E-state index contributed by atoms with van der Waals surface area (Å²) in [6.45, 7) is 2.20. The van der Waals surface area contributed by atoms with Gasteiger partial charge in [-0.2, -0.15) is 0 Å². The highest BCUT2D eigenvalue weighted by molar-refractivity contribution is 5.77. The van der Waals surface area contributed by atoms with Crippen LogP contribution in [0.15, 0.2) is 0 Å².